The number of nitrogens with zero attached hydrogens (tertiary/aromatic N) is 2. The second-order valence-corrected chi connectivity index (χ2v) is 8.31. The molecule has 1 heterocycles. The smallest absolute Gasteiger partial charge is 0.291 e. The fraction of sp³-hybridized carbons (Fsp3) is 0.333. The zero-order chi connectivity index (χ0) is 20.3. The summed E-state index contributed by atoms with van der Waals surface area (Å²) in [4.78, 5) is 12.1. The molecule has 9 nitrogen and oxygen atoms in total. The van der Waals surface area contributed by atoms with Crippen LogP contribution in [-0.4, -0.2) is 42.5 Å². The largest absolute Gasteiger partial charge is 0.392 e. The number of sulfonamides is 1. The van der Waals surface area contributed by atoms with E-state index < -0.39 is 25.5 Å². The number of aliphatic hydroxyl groups excluding tert-OH is 1. The first kappa shape index (κ1) is 20.2. The summed E-state index contributed by atoms with van der Waals surface area (Å²) in [6.45, 7) is 2.60. The molecule has 0 saturated carbocycles. The van der Waals surface area contributed by atoms with Crippen LogP contribution in [0.25, 0.3) is 0 Å². The van der Waals surface area contributed by atoms with Crippen molar-refractivity contribution in [2.24, 2.45) is 5.14 Å². The number of β-amino-alcohol motifs (C(OH)–C–C–N with tert-alkyl or cyclic N) is 1. The fourth-order valence-corrected chi connectivity index (χ4v) is 3.97. The van der Waals surface area contributed by atoms with E-state index >= 15 is 0 Å². The van der Waals surface area contributed by atoms with Gasteiger partial charge in [-0.2, -0.15) is 0 Å². The third-order valence-electron chi connectivity index (χ3n) is 4.70. The van der Waals surface area contributed by atoms with Gasteiger partial charge in [0.15, 0.2) is 4.90 Å². The number of anilines is 1. The number of primary sulfonamides is 1. The number of nitro groups is 1. The summed E-state index contributed by atoms with van der Waals surface area (Å²) in [7, 11) is -4.18. The van der Waals surface area contributed by atoms with Crippen LogP contribution < -0.4 is 10.5 Å². The van der Waals surface area contributed by atoms with Crippen LogP contribution >= 0.6 is 0 Å². The van der Waals surface area contributed by atoms with E-state index in [4.69, 9.17) is 5.14 Å². The van der Waals surface area contributed by atoms with E-state index in [1.165, 1.54) is 12.1 Å². The molecule has 0 aliphatic carbocycles. The van der Waals surface area contributed by atoms with Gasteiger partial charge in [-0.25, -0.2) is 13.6 Å². The first-order valence-corrected chi connectivity index (χ1v) is 10.3. The van der Waals surface area contributed by atoms with Crippen molar-refractivity contribution in [3.63, 3.8) is 0 Å². The van der Waals surface area contributed by atoms with Crippen LogP contribution in [0.5, 0.6) is 0 Å². The minimum Gasteiger partial charge on any atom is -0.392 e. The van der Waals surface area contributed by atoms with Gasteiger partial charge in [-0.3, -0.25) is 15.0 Å². The van der Waals surface area contributed by atoms with Crippen LogP contribution in [0.2, 0.25) is 0 Å². The van der Waals surface area contributed by atoms with Crippen molar-refractivity contribution in [1.29, 1.82) is 0 Å². The Bertz CT molecular complexity index is 980. The van der Waals surface area contributed by atoms with Crippen LogP contribution in [0, 0.1) is 10.1 Å². The zero-order valence-corrected chi connectivity index (χ0v) is 15.9. The molecule has 28 heavy (non-hydrogen) atoms. The number of hydrogen-bond donors (Lipinski definition) is 3. The Morgan fingerprint density at radius 3 is 2.57 bits per heavy atom. The van der Waals surface area contributed by atoms with Gasteiger partial charge in [0, 0.05) is 37.9 Å². The molecule has 1 saturated heterocycles. The Balaban J connectivity index is 1.76. The molecule has 1 atom stereocenters. The highest BCUT2D eigenvalue weighted by molar-refractivity contribution is 7.89. The molecule has 150 valence electrons. The average Bonchev–Trinajstić information content (AvgIpc) is 3.04. The van der Waals surface area contributed by atoms with E-state index in [1.807, 2.05) is 24.3 Å². The summed E-state index contributed by atoms with van der Waals surface area (Å²) in [6.07, 6.45) is 0.476. The first-order chi connectivity index (χ1) is 13.2. The van der Waals surface area contributed by atoms with E-state index in [0.29, 0.717) is 25.3 Å². The molecule has 1 unspecified atom stereocenters. The minimum atomic E-state index is -4.18. The lowest BCUT2D eigenvalue weighted by molar-refractivity contribution is -0.387. The quantitative estimate of drug-likeness (QED) is 0.467. The maximum atomic E-state index is 11.5. The van der Waals surface area contributed by atoms with Crippen LogP contribution in [0.1, 0.15) is 17.5 Å². The number of nitrogens with one attached hydrogen (secondary N) is 1. The van der Waals surface area contributed by atoms with E-state index in [1.54, 1.807) is 0 Å². The highest BCUT2D eigenvalue weighted by Gasteiger charge is 2.23. The van der Waals surface area contributed by atoms with Crippen molar-refractivity contribution in [3.8, 4) is 0 Å². The SMILES string of the molecule is NS(=O)(=O)c1ccc(NCc2ccccc2CN2CCC(O)C2)cc1[N+](=O)[O-]. The third kappa shape index (κ3) is 4.84. The van der Waals surface area contributed by atoms with E-state index in [9.17, 15) is 23.6 Å². The number of nitro benzene ring substituents is 1. The molecular weight excluding hydrogens is 384 g/mol. The lowest BCUT2D eigenvalue weighted by atomic mass is 10.1. The van der Waals surface area contributed by atoms with Crippen molar-refractivity contribution >= 4 is 21.4 Å². The summed E-state index contributed by atoms with van der Waals surface area (Å²) in [5, 5.41) is 29.0. The summed E-state index contributed by atoms with van der Waals surface area (Å²) < 4.78 is 23.0. The first-order valence-electron chi connectivity index (χ1n) is 8.76. The van der Waals surface area contributed by atoms with Crippen molar-refractivity contribution < 1.29 is 18.4 Å². The summed E-state index contributed by atoms with van der Waals surface area (Å²) in [6, 6.07) is 11.6. The second kappa shape index (κ2) is 8.23. The van der Waals surface area contributed by atoms with Crippen LogP contribution in [-0.2, 0) is 23.1 Å². The highest BCUT2D eigenvalue weighted by atomic mass is 32.2. The molecule has 10 heteroatoms. The lowest BCUT2D eigenvalue weighted by Gasteiger charge is -2.18. The molecule has 2 aromatic carbocycles. The Morgan fingerprint density at radius 2 is 1.96 bits per heavy atom. The molecule has 2 aromatic rings. The number of rotatable bonds is 7. The van der Waals surface area contributed by atoms with Gasteiger partial charge < -0.3 is 10.4 Å². The number of nitrogens with two attached hydrogens (primary N) is 1. The van der Waals surface area contributed by atoms with Crippen molar-refractivity contribution in [1.82, 2.24) is 4.90 Å². The van der Waals surface area contributed by atoms with Crippen LogP contribution in [0.15, 0.2) is 47.4 Å². The summed E-state index contributed by atoms with van der Waals surface area (Å²) in [5.41, 5.74) is 1.97. The third-order valence-corrected chi connectivity index (χ3v) is 5.66. The molecule has 4 N–H and O–H groups in total. The molecule has 0 aromatic heterocycles. The van der Waals surface area contributed by atoms with Gasteiger partial charge in [-0.15, -0.1) is 0 Å². The Morgan fingerprint density at radius 1 is 1.25 bits per heavy atom. The van der Waals surface area contributed by atoms with E-state index in [0.717, 1.165) is 30.2 Å². The molecule has 3 rings (SSSR count). The minimum absolute atomic E-state index is 0.289. The lowest BCUT2D eigenvalue weighted by Crippen LogP contribution is -2.22. The van der Waals surface area contributed by atoms with Crippen molar-refractivity contribution in [2.45, 2.75) is 30.5 Å². The number of aliphatic hydroxyl groups is 1. The topological polar surface area (TPSA) is 139 Å². The van der Waals surface area contributed by atoms with Gasteiger partial charge in [0.2, 0.25) is 10.0 Å². The molecule has 1 aliphatic rings. The molecule has 0 spiro atoms. The maximum Gasteiger partial charge on any atom is 0.291 e. The number of likely N-dealkylation sites (tertiary alicyclic amines) is 1. The van der Waals surface area contributed by atoms with Gasteiger partial charge in [-0.05, 0) is 29.7 Å². The van der Waals surface area contributed by atoms with Crippen LogP contribution in [0.3, 0.4) is 0 Å². The monoisotopic (exact) mass is 406 g/mol. The molecule has 0 radical (unpaired) electrons. The maximum absolute atomic E-state index is 11.5. The standard InChI is InChI=1S/C18H22N4O5S/c19-28(26,27)18-6-5-15(9-17(18)22(24)25)20-10-13-3-1-2-4-14(13)11-21-8-7-16(23)12-21/h1-6,9,16,20,23H,7-8,10-12H2,(H2,19,26,27). The van der Waals surface area contributed by atoms with Gasteiger partial charge in [0.25, 0.3) is 5.69 Å². The molecule has 1 aliphatic heterocycles. The second-order valence-electron chi connectivity index (χ2n) is 6.78. The zero-order valence-electron chi connectivity index (χ0n) is 15.1. The Kier molecular flexibility index (Phi) is 5.94. The Hall–Kier alpha value is -2.53. The molecule has 0 amide bonds. The van der Waals surface area contributed by atoms with Crippen molar-refractivity contribution in [2.75, 3.05) is 18.4 Å². The summed E-state index contributed by atoms with van der Waals surface area (Å²) >= 11 is 0. The van der Waals surface area contributed by atoms with E-state index in [-0.39, 0.29) is 6.10 Å². The molecule has 0 bridgehead atoms. The fourth-order valence-electron chi connectivity index (χ4n) is 3.29. The predicted molar refractivity (Wildman–Crippen MR) is 104 cm³/mol. The predicted octanol–water partition coefficient (Wildman–Crippen LogP) is 1.42. The highest BCUT2D eigenvalue weighted by Crippen LogP contribution is 2.27. The van der Waals surface area contributed by atoms with Crippen molar-refractivity contribution in [3.05, 3.63) is 63.7 Å². The summed E-state index contributed by atoms with van der Waals surface area (Å²) in [5.74, 6) is 0. The van der Waals surface area contributed by atoms with Gasteiger partial charge in [0.1, 0.15) is 0 Å². The van der Waals surface area contributed by atoms with Gasteiger partial charge in [0.05, 0.1) is 11.0 Å². The molecular formula is C18H22N4O5S. The normalized spacial score (nSPS) is 17.6. The van der Waals surface area contributed by atoms with Crippen LogP contribution in [0.4, 0.5) is 11.4 Å². The van der Waals surface area contributed by atoms with Gasteiger partial charge in [-0.1, -0.05) is 24.3 Å². The number of hydrogen-bond acceptors (Lipinski definition) is 7. The Labute approximate surface area is 163 Å². The number of benzene rings is 2. The molecule has 1 fully saturated rings. The van der Waals surface area contributed by atoms with E-state index in [2.05, 4.69) is 10.2 Å². The van der Waals surface area contributed by atoms with Gasteiger partial charge >= 0.3 is 0 Å². The average molecular weight is 406 g/mol.